The molecular weight excluding hydrogens is 384 g/mol. The van der Waals surface area contributed by atoms with Crippen molar-refractivity contribution in [2.75, 3.05) is 79.3 Å². The molecule has 0 saturated carbocycles. The highest BCUT2D eigenvalue weighted by molar-refractivity contribution is 5.70. The molecule has 0 spiro atoms. The van der Waals surface area contributed by atoms with Crippen molar-refractivity contribution in [1.82, 2.24) is 0 Å². The molecule has 0 aromatic heterocycles. The zero-order valence-corrected chi connectivity index (χ0v) is 18.0. The van der Waals surface area contributed by atoms with E-state index in [2.05, 4.69) is 0 Å². The third kappa shape index (κ3) is 22.9. The summed E-state index contributed by atoms with van der Waals surface area (Å²) in [5.74, 6) is -0.696. The summed E-state index contributed by atoms with van der Waals surface area (Å²) in [6.45, 7) is 8.06. The van der Waals surface area contributed by atoms with Gasteiger partial charge < -0.3 is 33.2 Å². The monoisotopic (exact) mass is 422 g/mol. The molecule has 0 bridgehead atoms. The SMILES string of the molecule is CCCCOC(=O)COCCOCCOCCOCCOCC(=O)OCCCC. The second-order valence-corrected chi connectivity index (χ2v) is 6.09. The van der Waals surface area contributed by atoms with E-state index in [4.69, 9.17) is 33.2 Å². The van der Waals surface area contributed by atoms with Crippen molar-refractivity contribution in [3.63, 3.8) is 0 Å². The van der Waals surface area contributed by atoms with Crippen LogP contribution < -0.4 is 0 Å². The molecule has 0 fully saturated rings. The van der Waals surface area contributed by atoms with Crippen LogP contribution in [-0.4, -0.2) is 91.2 Å². The van der Waals surface area contributed by atoms with Gasteiger partial charge in [-0.2, -0.15) is 0 Å². The summed E-state index contributed by atoms with van der Waals surface area (Å²) in [4.78, 5) is 22.5. The molecule has 29 heavy (non-hydrogen) atoms. The first kappa shape index (κ1) is 27.7. The first-order valence-electron chi connectivity index (χ1n) is 10.4. The number of ether oxygens (including phenoxy) is 7. The Hall–Kier alpha value is -1.26. The van der Waals surface area contributed by atoms with Crippen LogP contribution in [0.15, 0.2) is 0 Å². The highest BCUT2D eigenvalue weighted by Gasteiger charge is 2.03. The Bertz CT molecular complexity index is 343. The van der Waals surface area contributed by atoms with E-state index in [9.17, 15) is 9.59 Å². The van der Waals surface area contributed by atoms with Crippen LogP contribution >= 0.6 is 0 Å². The Balaban J connectivity index is 3.15. The van der Waals surface area contributed by atoms with Crippen molar-refractivity contribution in [2.24, 2.45) is 0 Å². The third-order valence-corrected chi connectivity index (χ3v) is 3.45. The fourth-order valence-electron chi connectivity index (χ4n) is 1.83. The van der Waals surface area contributed by atoms with Crippen molar-refractivity contribution in [1.29, 1.82) is 0 Å². The predicted octanol–water partition coefficient (Wildman–Crippen LogP) is 1.76. The second-order valence-electron chi connectivity index (χ2n) is 6.09. The highest BCUT2D eigenvalue weighted by Crippen LogP contribution is 1.91. The summed E-state index contributed by atoms with van der Waals surface area (Å²) in [6.07, 6.45) is 3.70. The summed E-state index contributed by atoms with van der Waals surface area (Å²) < 4.78 is 36.2. The van der Waals surface area contributed by atoms with Crippen LogP contribution in [-0.2, 0) is 42.7 Å². The van der Waals surface area contributed by atoms with Crippen molar-refractivity contribution < 1.29 is 42.7 Å². The average molecular weight is 423 g/mol. The number of unbranched alkanes of at least 4 members (excludes halogenated alkanes) is 2. The maximum absolute atomic E-state index is 11.3. The van der Waals surface area contributed by atoms with Gasteiger partial charge in [-0.3, -0.25) is 0 Å². The summed E-state index contributed by atoms with van der Waals surface area (Å²) in [6, 6.07) is 0. The topological polar surface area (TPSA) is 98.8 Å². The molecule has 9 heteroatoms. The number of esters is 2. The van der Waals surface area contributed by atoms with Crippen LogP contribution in [0.3, 0.4) is 0 Å². The molecule has 0 amide bonds. The Morgan fingerprint density at radius 1 is 0.483 bits per heavy atom. The van der Waals surface area contributed by atoms with Crippen LogP contribution in [0.4, 0.5) is 0 Å². The fraction of sp³-hybridized carbons (Fsp3) is 0.900. The average Bonchev–Trinajstić information content (AvgIpc) is 2.71. The van der Waals surface area contributed by atoms with Gasteiger partial charge in [0.25, 0.3) is 0 Å². The molecule has 0 atom stereocenters. The number of hydrogen-bond acceptors (Lipinski definition) is 9. The molecule has 0 N–H and O–H groups in total. The molecular formula is C20H38O9. The quantitative estimate of drug-likeness (QED) is 0.191. The van der Waals surface area contributed by atoms with E-state index < -0.39 is 0 Å². The van der Waals surface area contributed by atoms with E-state index in [0.717, 1.165) is 25.7 Å². The predicted molar refractivity (Wildman–Crippen MR) is 106 cm³/mol. The smallest absolute Gasteiger partial charge is 0.332 e. The Morgan fingerprint density at radius 2 is 0.793 bits per heavy atom. The zero-order valence-electron chi connectivity index (χ0n) is 18.0. The van der Waals surface area contributed by atoms with Gasteiger partial charge in [0.15, 0.2) is 0 Å². The zero-order chi connectivity index (χ0) is 21.4. The fourth-order valence-corrected chi connectivity index (χ4v) is 1.83. The van der Waals surface area contributed by atoms with Crippen LogP contribution in [0.5, 0.6) is 0 Å². The molecule has 0 unspecified atom stereocenters. The number of carbonyl (C=O) groups excluding carboxylic acids is 2. The van der Waals surface area contributed by atoms with E-state index >= 15 is 0 Å². The molecule has 0 aromatic carbocycles. The number of carbonyl (C=O) groups is 2. The minimum absolute atomic E-state index is 0.0509. The van der Waals surface area contributed by atoms with E-state index in [1.807, 2.05) is 13.8 Å². The van der Waals surface area contributed by atoms with Crippen molar-refractivity contribution in [3.8, 4) is 0 Å². The largest absolute Gasteiger partial charge is 0.464 e. The summed E-state index contributed by atoms with van der Waals surface area (Å²) >= 11 is 0. The van der Waals surface area contributed by atoms with Gasteiger partial charge in [0, 0.05) is 0 Å². The van der Waals surface area contributed by atoms with Crippen molar-refractivity contribution in [2.45, 2.75) is 39.5 Å². The standard InChI is InChI=1S/C20H38O9/c1-3-5-7-28-19(21)17-26-15-13-24-11-9-23-10-12-25-14-16-27-18-20(22)29-8-6-4-2/h3-18H2,1-2H3. The van der Waals surface area contributed by atoms with Gasteiger partial charge in [0.2, 0.25) is 0 Å². The van der Waals surface area contributed by atoms with Gasteiger partial charge in [0.05, 0.1) is 66.1 Å². The molecule has 0 aliphatic heterocycles. The first-order chi connectivity index (χ1) is 14.2. The van der Waals surface area contributed by atoms with Gasteiger partial charge in [0.1, 0.15) is 13.2 Å². The second kappa shape index (κ2) is 23.0. The lowest BCUT2D eigenvalue weighted by Crippen LogP contribution is -2.17. The van der Waals surface area contributed by atoms with E-state index in [-0.39, 0.29) is 25.2 Å². The molecule has 0 aliphatic carbocycles. The molecule has 9 nitrogen and oxygen atoms in total. The highest BCUT2D eigenvalue weighted by atomic mass is 16.6. The molecule has 0 aromatic rings. The normalized spacial score (nSPS) is 10.8. The number of rotatable bonds is 22. The third-order valence-electron chi connectivity index (χ3n) is 3.45. The maximum atomic E-state index is 11.3. The Kier molecular flexibility index (Phi) is 22.0. The van der Waals surface area contributed by atoms with Crippen LogP contribution in [0.1, 0.15) is 39.5 Å². The lowest BCUT2D eigenvalue weighted by atomic mass is 10.4. The van der Waals surface area contributed by atoms with Gasteiger partial charge in [-0.1, -0.05) is 26.7 Å². The van der Waals surface area contributed by atoms with Gasteiger partial charge in [-0.25, -0.2) is 9.59 Å². The summed E-state index contributed by atoms with van der Waals surface area (Å²) in [5, 5.41) is 0. The Morgan fingerprint density at radius 3 is 1.10 bits per heavy atom. The first-order valence-corrected chi connectivity index (χ1v) is 10.4. The van der Waals surface area contributed by atoms with E-state index in [0.29, 0.717) is 66.1 Å². The minimum Gasteiger partial charge on any atom is -0.464 e. The molecule has 0 heterocycles. The molecule has 0 radical (unpaired) electrons. The maximum Gasteiger partial charge on any atom is 0.332 e. The number of hydrogen-bond donors (Lipinski definition) is 0. The van der Waals surface area contributed by atoms with Gasteiger partial charge in [-0.05, 0) is 12.8 Å². The van der Waals surface area contributed by atoms with Crippen LogP contribution in [0.25, 0.3) is 0 Å². The lowest BCUT2D eigenvalue weighted by Gasteiger charge is -2.08. The van der Waals surface area contributed by atoms with Crippen LogP contribution in [0, 0.1) is 0 Å². The molecule has 0 rings (SSSR count). The molecule has 172 valence electrons. The Labute approximate surface area is 174 Å². The minimum atomic E-state index is -0.348. The van der Waals surface area contributed by atoms with Gasteiger partial charge in [-0.15, -0.1) is 0 Å². The van der Waals surface area contributed by atoms with Crippen LogP contribution in [0.2, 0.25) is 0 Å². The summed E-state index contributed by atoms with van der Waals surface area (Å²) in [7, 11) is 0. The van der Waals surface area contributed by atoms with Gasteiger partial charge >= 0.3 is 11.9 Å². The summed E-state index contributed by atoms with van der Waals surface area (Å²) in [5.41, 5.74) is 0. The molecule has 0 saturated heterocycles. The van der Waals surface area contributed by atoms with Crippen molar-refractivity contribution in [3.05, 3.63) is 0 Å². The van der Waals surface area contributed by atoms with E-state index in [1.165, 1.54) is 0 Å². The van der Waals surface area contributed by atoms with E-state index in [1.54, 1.807) is 0 Å². The lowest BCUT2D eigenvalue weighted by molar-refractivity contribution is -0.150. The molecule has 0 aliphatic rings. The van der Waals surface area contributed by atoms with Crippen molar-refractivity contribution >= 4 is 11.9 Å².